The van der Waals surface area contributed by atoms with Crippen LogP contribution in [0.3, 0.4) is 0 Å². The van der Waals surface area contributed by atoms with Gasteiger partial charge in [-0.1, -0.05) is 18.2 Å². The zero-order valence-corrected chi connectivity index (χ0v) is 10.9. The molecular weight excluding hydrogens is 268 g/mol. The van der Waals surface area contributed by atoms with Crippen molar-refractivity contribution in [3.63, 3.8) is 0 Å². The summed E-state index contributed by atoms with van der Waals surface area (Å²) >= 11 is 0. The van der Waals surface area contributed by atoms with Gasteiger partial charge in [0, 0.05) is 5.56 Å². The van der Waals surface area contributed by atoms with Gasteiger partial charge in [-0.3, -0.25) is 20.4 Å². The van der Waals surface area contributed by atoms with Crippen LogP contribution < -0.4 is 10.9 Å². The SMILES string of the molecule is O=C(NNC(=O)[C@@H]1CCS(=O)(=O)C1)c1ccccc1. The summed E-state index contributed by atoms with van der Waals surface area (Å²) in [5, 5.41) is 0. The van der Waals surface area contributed by atoms with Crippen LogP contribution >= 0.6 is 0 Å². The number of hydrogen-bond donors (Lipinski definition) is 2. The van der Waals surface area contributed by atoms with Crippen molar-refractivity contribution in [3.8, 4) is 0 Å². The van der Waals surface area contributed by atoms with Crippen molar-refractivity contribution in [2.45, 2.75) is 6.42 Å². The van der Waals surface area contributed by atoms with Crippen LogP contribution in [0, 0.1) is 5.92 Å². The maximum Gasteiger partial charge on any atom is 0.269 e. The normalized spacial score (nSPS) is 20.7. The van der Waals surface area contributed by atoms with E-state index in [0.29, 0.717) is 12.0 Å². The molecule has 1 heterocycles. The number of amides is 2. The van der Waals surface area contributed by atoms with Crippen molar-refractivity contribution in [1.82, 2.24) is 10.9 Å². The molecule has 102 valence electrons. The second-order valence-corrected chi connectivity index (χ2v) is 6.64. The molecule has 1 aliphatic heterocycles. The molecule has 1 saturated heterocycles. The Morgan fingerprint density at radius 3 is 2.37 bits per heavy atom. The highest BCUT2D eigenvalue weighted by Gasteiger charge is 2.33. The predicted molar refractivity (Wildman–Crippen MR) is 68.8 cm³/mol. The fourth-order valence-corrected chi connectivity index (χ4v) is 3.63. The standard InChI is InChI=1S/C12H14N2O4S/c15-11(9-4-2-1-3-5-9)13-14-12(16)10-6-7-19(17,18)8-10/h1-5,10H,6-8H2,(H,13,15)(H,14,16)/t10-/m1/s1. The second kappa shape index (κ2) is 5.40. The zero-order chi connectivity index (χ0) is 13.9. The van der Waals surface area contributed by atoms with Crippen LogP contribution in [0.5, 0.6) is 0 Å². The molecule has 1 fully saturated rings. The summed E-state index contributed by atoms with van der Waals surface area (Å²) in [6.45, 7) is 0. The molecule has 1 aromatic carbocycles. The predicted octanol–water partition coefficient (Wildman–Crippen LogP) is -0.118. The molecule has 7 heteroatoms. The highest BCUT2D eigenvalue weighted by atomic mass is 32.2. The van der Waals surface area contributed by atoms with Gasteiger partial charge in [0.2, 0.25) is 5.91 Å². The van der Waals surface area contributed by atoms with E-state index in [1.807, 2.05) is 0 Å². The van der Waals surface area contributed by atoms with E-state index in [9.17, 15) is 18.0 Å². The molecule has 2 rings (SSSR count). The number of carbonyl (C=O) groups is 2. The first kappa shape index (κ1) is 13.5. The number of carbonyl (C=O) groups excluding carboxylic acids is 2. The topological polar surface area (TPSA) is 92.3 Å². The van der Waals surface area contributed by atoms with Crippen LogP contribution in [0.2, 0.25) is 0 Å². The summed E-state index contributed by atoms with van der Waals surface area (Å²) in [6, 6.07) is 8.42. The average Bonchev–Trinajstić information content (AvgIpc) is 2.77. The van der Waals surface area contributed by atoms with E-state index in [2.05, 4.69) is 10.9 Å². The minimum absolute atomic E-state index is 0.0255. The molecule has 0 aromatic heterocycles. The number of sulfone groups is 1. The van der Waals surface area contributed by atoms with Crippen LogP contribution in [-0.2, 0) is 14.6 Å². The van der Waals surface area contributed by atoms with Crippen LogP contribution in [0.1, 0.15) is 16.8 Å². The minimum Gasteiger partial charge on any atom is -0.273 e. The van der Waals surface area contributed by atoms with Crippen LogP contribution in [-0.4, -0.2) is 31.7 Å². The average molecular weight is 282 g/mol. The maximum atomic E-state index is 11.7. The Morgan fingerprint density at radius 2 is 1.79 bits per heavy atom. The minimum atomic E-state index is -3.10. The summed E-state index contributed by atoms with van der Waals surface area (Å²) in [5.74, 6) is -1.61. The van der Waals surface area contributed by atoms with Crippen molar-refractivity contribution in [2.24, 2.45) is 5.92 Å². The Morgan fingerprint density at radius 1 is 1.11 bits per heavy atom. The highest BCUT2D eigenvalue weighted by Crippen LogP contribution is 2.17. The second-order valence-electron chi connectivity index (χ2n) is 4.41. The maximum absolute atomic E-state index is 11.7. The zero-order valence-electron chi connectivity index (χ0n) is 10.1. The summed E-state index contributed by atoms with van der Waals surface area (Å²) in [5.41, 5.74) is 4.95. The van der Waals surface area contributed by atoms with Gasteiger partial charge < -0.3 is 0 Å². The lowest BCUT2D eigenvalue weighted by Gasteiger charge is -2.10. The Kier molecular flexibility index (Phi) is 3.84. The van der Waals surface area contributed by atoms with Gasteiger partial charge in [0.15, 0.2) is 9.84 Å². The lowest BCUT2D eigenvalue weighted by Crippen LogP contribution is -2.44. The lowest BCUT2D eigenvalue weighted by molar-refractivity contribution is -0.125. The van der Waals surface area contributed by atoms with Gasteiger partial charge in [-0.25, -0.2) is 8.42 Å². The van der Waals surface area contributed by atoms with E-state index in [-0.39, 0.29) is 11.5 Å². The van der Waals surface area contributed by atoms with Gasteiger partial charge >= 0.3 is 0 Å². The molecule has 0 unspecified atom stereocenters. The molecule has 6 nitrogen and oxygen atoms in total. The summed E-state index contributed by atoms with van der Waals surface area (Å²) < 4.78 is 22.5. The van der Waals surface area contributed by atoms with Crippen molar-refractivity contribution in [3.05, 3.63) is 35.9 Å². The first-order valence-corrected chi connectivity index (χ1v) is 7.66. The third-order valence-corrected chi connectivity index (χ3v) is 4.71. The van der Waals surface area contributed by atoms with E-state index in [1.54, 1.807) is 30.3 Å². The lowest BCUT2D eigenvalue weighted by atomic mass is 10.1. The molecule has 1 atom stereocenters. The monoisotopic (exact) mass is 282 g/mol. The van der Waals surface area contributed by atoms with E-state index < -0.39 is 27.6 Å². The van der Waals surface area contributed by atoms with Gasteiger partial charge in [0.25, 0.3) is 5.91 Å². The van der Waals surface area contributed by atoms with E-state index in [1.165, 1.54) is 0 Å². The van der Waals surface area contributed by atoms with Crippen molar-refractivity contribution in [2.75, 3.05) is 11.5 Å². The number of hydrogen-bond acceptors (Lipinski definition) is 4. The molecule has 0 spiro atoms. The largest absolute Gasteiger partial charge is 0.273 e. The number of nitrogens with one attached hydrogen (secondary N) is 2. The first-order valence-electron chi connectivity index (χ1n) is 5.83. The fourth-order valence-electron chi connectivity index (χ4n) is 1.88. The Bertz CT molecular complexity index is 583. The quantitative estimate of drug-likeness (QED) is 0.740. The number of hydrazine groups is 1. The molecule has 0 saturated carbocycles. The molecule has 0 radical (unpaired) electrons. The Hall–Kier alpha value is -1.89. The third-order valence-electron chi connectivity index (χ3n) is 2.94. The number of benzene rings is 1. The third kappa shape index (κ3) is 3.54. The molecule has 2 N–H and O–H groups in total. The Balaban J connectivity index is 1.86. The molecule has 1 aromatic rings. The molecular formula is C12H14N2O4S. The van der Waals surface area contributed by atoms with Crippen molar-refractivity contribution >= 4 is 21.7 Å². The molecule has 0 aliphatic carbocycles. The van der Waals surface area contributed by atoms with Gasteiger partial charge in [0.1, 0.15) is 0 Å². The molecule has 19 heavy (non-hydrogen) atoms. The summed E-state index contributed by atoms with van der Waals surface area (Å²) in [4.78, 5) is 23.3. The van der Waals surface area contributed by atoms with Crippen molar-refractivity contribution in [1.29, 1.82) is 0 Å². The number of rotatable bonds is 2. The van der Waals surface area contributed by atoms with E-state index >= 15 is 0 Å². The van der Waals surface area contributed by atoms with Gasteiger partial charge in [-0.15, -0.1) is 0 Å². The summed E-state index contributed by atoms with van der Waals surface area (Å²) in [7, 11) is -3.10. The highest BCUT2D eigenvalue weighted by molar-refractivity contribution is 7.91. The smallest absolute Gasteiger partial charge is 0.269 e. The van der Waals surface area contributed by atoms with Gasteiger partial charge in [0.05, 0.1) is 17.4 Å². The van der Waals surface area contributed by atoms with Gasteiger partial charge in [-0.05, 0) is 18.6 Å². The van der Waals surface area contributed by atoms with Gasteiger partial charge in [-0.2, -0.15) is 0 Å². The molecule has 2 amide bonds. The van der Waals surface area contributed by atoms with Crippen LogP contribution in [0.4, 0.5) is 0 Å². The molecule has 0 bridgehead atoms. The summed E-state index contributed by atoms with van der Waals surface area (Å²) in [6.07, 6.45) is 0.301. The van der Waals surface area contributed by atoms with E-state index in [0.717, 1.165) is 0 Å². The van der Waals surface area contributed by atoms with E-state index in [4.69, 9.17) is 0 Å². The molecule has 1 aliphatic rings. The first-order chi connectivity index (χ1) is 8.98. The van der Waals surface area contributed by atoms with Crippen LogP contribution in [0.15, 0.2) is 30.3 Å². The Labute approximate surface area is 111 Å². The fraction of sp³-hybridized carbons (Fsp3) is 0.333. The van der Waals surface area contributed by atoms with Crippen LogP contribution in [0.25, 0.3) is 0 Å². The van der Waals surface area contributed by atoms with Crippen molar-refractivity contribution < 1.29 is 18.0 Å².